The second-order valence-corrected chi connectivity index (χ2v) is 4.44. The monoisotopic (exact) mass is 270 g/mol. The van der Waals surface area contributed by atoms with Gasteiger partial charge in [-0.1, -0.05) is 28.1 Å². The molecule has 1 saturated heterocycles. The van der Waals surface area contributed by atoms with E-state index in [9.17, 15) is 4.79 Å². The molecular weight excluding hydrogens is 260 g/mol. The SMILES string of the molecule is CC(=O)OC1(c2ccc(Br)cc2)OC1C. The maximum Gasteiger partial charge on any atom is 0.305 e. The third-order valence-corrected chi connectivity index (χ3v) is 2.90. The van der Waals surface area contributed by atoms with E-state index in [1.807, 2.05) is 31.2 Å². The average molecular weight is 271 g/mol. The summed E-state index contributed by atoms with van der Waals surface area (Å²) in [6.07, 6.45) is -0.0809. The van der Waals surface area contributed by atoms with E-state index in [-0.39, 0.29) is 12.1 Å². The molecule has 3 nitrogen and oxygen atoms in total. The summed E-state index contributed by atoms with van der Waals surface area (Å²) in [6.45, 7) is 3.26. The summed E-state index contributed by atoms with van der Waals surface area (Å²) < 4.78 is 11.6. The molecule has 0 N–H and O–H groups in total. The van der Waals surface area contributed by atoms with Crippen molar-refractivity contribution in [1.29, 1.82) is 0 Å². The zero-order valence-corrected chi connectivity index (χ0v) is 10.1. The Hall–Kier alpha value is -0.870. The van der Waals surface area contributed by atoms with Gasteiger partial charge in [0.2, 0.25) is 0 Å². The first-order valence-electron chi connectivity index (χ1n) is 4.68. The molecule has 2 unspecified atom stereocenters. The number of carbonyl (C=O) groups excluding carboxylic acids is 1. The zero-order chi connectivity index (χ0) is 11.1. The summed E-state index contributed by atoms with van der Waals surface area (Å²) >= 11 is 3.35. The Balaban J connectivity index is 2.28. The second-order valence-electron chi connectivity index (χ2n) is 3.53. The van der Waals surface area contributed by atoms with Gasteiger partial charge in [-0.05, 0) is 19.1 Å². The fourth-order valence-corrected chi connectivity index (χ4v) is 1.86. The third kappa shape index (κ3) is 1.92. The molecule has 0 bridgehead atoms. The van der Waals surface area contributed by atoms with Gasteiger partial charge in [-0.2, -0.15) is 0 Å². The molecule has 2 rings (SSSR count). The fourth-order valence-electron chi connectivity index (χ4n) is 1.59. The lowest BCUT2D eigenvalue weighted by atomic mass is 10.1. The lowest BCUT2D eigenvalue weighted by Crippen LogP contribution is -2.19. The Morgan fingerprint density at radius 1 is 1.47 bits per heavy atom. The van der Waals surface area contributed by atoms with Crippen LogP contribution in [-0.4, -0.2) is 12.1 Å². The lowest BCUT2D eigenvalue weighted by Gasteiger charge is -2.12. The molecule has 2 atom stereocenters. The number of halogens is 1. The largest absolute Gasteiger partial charge is 0.426 e. The first-order chi connectivity index (χ1) is 7.04. The minimum atomic E-state index is -0.855. The van der Waals surface area contributed by atoms with Gasteiger partial charge in [-0.15, -0.1) is 0 Å². The van der Waals surface area contributed by atoms with Crippen molar-refractivity contribution in [2.75, 3.05) is 0 Å². The van der Waals surface area contributed by atoms with Crippen LogP contribution >= 0.6 is 15.9 Å². The molecule has 1 heterocycles. The number of carbonyl (C=O) groups is 1. The van der Waals surface area contributed by atoms with Crippen LogP contribution in [0.3, 0.4) is 0 Å². The molecule has 1 aromatic rings. The van der Waals surface area contributed by atoms with Crippen molar-refractivity contribution in [3.05, 3.63) is 34.3 Å². The van der Waals surface area contributed by atoms with Crippen LogP contribution in [0, 0.1) is 0 Å². The Bertz CT molecular complexity index is 387. The summed E-state index contributed by atoms with van der Waals surface area (Å²) in [6, 6.07) is 7.57. The van der Waals surface area contributed by atoms with E-state index in [1.54, 1.807) is 0 Å². The standard InChI is InChI=1S/C11H11BrO3/c1-7-11(14-7,15-8(2)13)9-3-5-10(12)6-4-9/h3-7H,1-2H3. The molecule has 1 aliphatic heterocycles. The predicted octanol–water partition coefficient (Wildman–Crippen LogP) is 2.58. The van der Waals surface area contributed by atoms with E-state index in [0.717, 1.165) is 10.0 Å². The molecule has 0 aromatic heterocycles. The highest BCUT2D eigenvalue weighted by Gasteiger charge is 2.58. The number of epoxide rings is 1. The summed E-state index contributed by atoms with van der Waals surface area (Å²) in [5.41, 5.74) is 0.869. The van der Waals surface area contributed by atoms with E-state index in [1.165, 1.54) is 6.92 Å². The molecule has 1 fully saturated rings. The first-order valence-corrected chi connectivity index (χ1v) is 5.47. The summed E-state index contributed by atoms with van der Waals surface area (Å²) in [5.74, 6) is -1.19. The molecule has 0 saturated carbocycles. The Kier molecular flexibility index (Phi) is 2.56. The summed E-state index contributed by atoms with van der Waals surface area (Å²) in [4.78, 5) is 11.0. The van der Waals surface area contributed by atoms with Gasteiger partial charge in [0.15, 0.2) is 0 Å². The molecule has 80 valence electrons. The van der Waals surface area contributed by atoms with Crippen molar-refractivity contribution in [3.63, 3.8) is 0 Å². The molecule has 0 amide bonds. The summed E-state index contributed by atoms with van der Waals surface area (Å²) in [5, 5.41) is 0. The van der Waals surface area contributed by atoms with Gasteiger partial charge in [0.1, 0.15) is 6.10 Å². The van der Waals surface area contributed by atoms with Crippen LogP contribution in [0.5, 0.6) is 0 Å². The van der Waals surface area contributed by atoms with Gasteiger partial charge in [0.05, 0.1) is 0 Å². The maximum absolute atomic E-state index is 11.0. The van der Waals surface area contributed by atoms with Gasteiger partial charge < -0.3 is 9.47 Å². The zero-order valence-electron chi connectivity index (χ0n) is 8.49. The molecule has 1 aliphatic rings. The minimum Gasteiger partial charge on any atom is -0.426 e. The second kappa shape index (κ2) is 3.61. The topological polar surface area (TPSA) is 38.8 Å². The van der Waals surface area contributed by atoms with Crippen molar-refractivity contribution in [2.24, 2.45) is 0 Å². The highest BCUT2D eigenvalue weighted by Crippen LogP contribution is 2.47. The van der Waals surface area contributed by atoms with Crippen LogP contribution in [0.4, 0.5) is 0 Å². The predicted molar refractivity (Wildman–Crippen MR) is 58.1 cm³/mol. The van der Waals surface area contributed by atoms with Gasteiger partial charge in [-0.3, -0.25) is 4.79 Å². The van der Waals surface area contributed by atoms with Crippen LogP contribution in [0.25, 0.3) is 0 Å². The van der Waals surface area contributed by atoms with Gasteiger partial charge in [0, 0.05) is 17.0 Å². The molecule has 1 aromatic carbocycles. The van der Waals surface area contributed by atoms with Gasteiger partial charge >= 0.3 is 5.97 Å². The van der Waals surface area contributed by atoms with Crippen LogP contribution in [0.15, 0.2) is 28.7 Å². The number of esters is 1. The number of rotatable bonds is 2. The normalized spacial score (nSPS) is 28.6. The maximum atomic E-state index is 11.0. The molecular formula is C11H11BrO3. The van der Waals surface area contributed by atoms with Crippen molar-refractivity contribution in [3.8, 4) is 0 Å². The van der Waals surface area contributed by atoms with E-state index < -0.39 is 5.79 Å². The Morgan fingerprint density at radius 2 is 2.00 bits per heavy atom. The van der Waals surface area contributed by atoms with E-state index in [0.29, 0.717) is 0 Å². The van der Waals surface area contributed by atoms with Crippen molar-refractivity contribution in [1.82, 2.24) is 0 Å². The van der Waals surface area contributed by atoms with Crippen molar-refractivity contribution >= 4 is 21.9 Å². The smallest absolute Gasteiger partial charge is 0.305 e. The molecule has 0 spiro atoms. The number of hydrogen-bond donors (Lipinski definition) is 0. The molecule has 15 heavy (non-hydrogen) atoms. The molecule has 0 radical (unpaired) electrons. The number of ether oxygens (including phenoxy) is 2. The quantitative estimate of drug-likeness (QED) is 0.613. The lowest BCUT2D eigenvalue weighted by molar-refractivity contribution is -0.157. The fraction of sp³-hybridized carbons (Fsp3) is 0.364. The first kappa shape index (κ1) is 10.6. The average Bonchev–Trinajstić information content (AvgIpc) is 2.77. The third-order valence-electron chi connectivity index (χ3n) is 2.37. The number of hydrogen-bond acceptors (Lipinski definition) is 3. The highest BCUT2D eigenvalue weighted by molar-refractivity contribution is 9.10. The molecule has 0 aliphatic carbocycles. The van der Waals surface area contributed by atoms with Crippen molar-refractivity contribution < 1.29 is 14.3 Å². The number of benzene rings is 1. The highest BCUT2D eigenvalue weighted by atomic mass is 79.9. The van der Waals surface area contributed by atoms with E-state index in [4.69, 9.17) is 9.47 Å². The van der Waals surface area contributed by atoms with E-state index in [2.05, 4.69) is 15.9 Å². The summed E-state index contributed by atoms with van der Waals surface area (Å²) in [7, 11) is 0. The van der Waals surface area contributed by atoms with Crippen molar-refractivity contribution in [2.45, 2.75) is 25.7 Å². The van der Waals surface area contributed by atoms with Crippen LogP contribution in [-0.2, 0) is 20.1 Å². The molecule has 4 heteroatoms. The van der Waals surface area contributed by atoms with Crippen LogP contribution < -0.4 is 0 Å². The van der Waals surface area contributed by atoms with E-state index >= 15 is 0 Å². The van der Waals surface area contributed by atoms with Crippen LogP contribution in [0.2, 0.25) is 0 Å². The Morgan fingerprint density at radius 3 is 2.40 bits per heavy atom. The Labute approximate surface area is 96.5 Å². The van der Waals surface area contributed by atoms with Gasteiger partial charge in [-0.25, -0.2) is 0 Å². The van der Waals surface area contributed by atoms with Crippen LogP contribution in [0.1, 0.15) is 19.4 Å². The minimum absolute atomic E-state index is 0.0809. The van der Waals surface area contributed by atoms with Gasteiger partial charge in [0.25, 0.3) is 5.79 Å².